The lowest BCUT2D eigenvalue weighted by molar-refractivity contribution is -0.137. The largest absolute Gasteiger partial charge is 0.494 e. The monoisotopic (exact) mass is 395 g/mol. The van der Waals surface area contributed by atoms with E-state index in [2.05, 4.69) is 4.98 Å². The van der Waals surface area contributed by atoms with E-state index in [0.717, 1.165) is 34.6 Å². The van der Waals surface area contributed by atoms with Gasteiger partial charge in [-0.05, 0) is 35.4 Å². The number of hydrogen-bond acceptors (Lipinski definition) is 4. The molecule has 0 spiro atoms. The standard InChI is InChI=1S/C19H16F3NO3S/c20-19(21,22)14-5-1-12(2-6-14)9-10-26-15-7-3-13(4-8-15)11-16-17(24)23-18(25)27-16/h1-8,24H,9-11H2,(H,23,25). The third-order valence-corrected chi connectivity index (χ3v) is 4.80. The van der Waals surface area contributed by atoms with Gasteiger partial charge in [0, 0.05) is 12.8 Å². The Morgan fingerprint density at radius 2 is 1.63 bits per heavy atom. The molecule has 8 heteroatoms. The van der Waals surface area contributed by atoms with Crippen LogP contribution in [0.15, 0.2) is 53.3 Å². The topological polar surface area (TPSA) is 62.3 Å². The predicted molar refractivity (Wildman–Crippen MR) is 96.5 cm³/mol. The molecule has 0 aliphatic heterocycles. The Bertz CT molecular complexity index is 944. The minimum absolute atomic E-state index is 0.109. The van der Waals surface area contributed by atoms with Crippen molar-refractivity contribution in [3.05, 3.63) is 79.8 Å². The van der Waals surface area contributed by atoms with Gasteiger partial charge >= 0.3 is 11.0 Å². The fourth-order valence-electron chi connectivity index (χ4n) is 2.51. The van der Waals surface area contributed by atoms with Crippen LogP contribution in [0.25, 0.3) is 0 Å². The highest BCUT2D eigenvalue weighted by atomic mass is 32.1. The number of aromatic hydroxyl groups is 1. The maximum atomic E-state index is 12.5. The summed E-state index contributed by atoms with van der Waals surface area (Å²) in [4.78, 5) is 13.8. The summed E-state index contributed by atoms with van der Waals surface area (Å²) in [5.74, 6) is 0.527. The van der Waals surface area contributed by atoms with Crippen molar-refractivity contribution < 1.29 is 23.0 Å². The van der Waals surface area contributed by atoms with Crippen LogP contribution in [-0.4, -0.2) is 16.7 Å². The molecular weight excluding hydrogens is 379 g/mol. The Kier molecular flexibility index (Phi) is 5.55. The van der Waals surface area contributed by atoms with E-state index in [1.165, 1.54) is 12.1 Å². The molecule has 1 aromatic heterocycles. The van der Waals surface area contributed by atoms with Crippen LogP contribution >= 0.6 is 11.3 Å². The Balaban J connectivity index is 1.51. The van der Waals surface area contributed by atoms with Gasteiger partial charge in [-0.15, -0.1) is 0 Å². The second kappa shape index (κ2) is 7.87. The summed E-state index contributed by atoms with van der Waals surface area (Å²) in [5.41, 5.74) is 1.01. The van der Waals surface area contributed by atoms with Crippen LogP contribution in [0.5, 0.6) is 11.6 Å². The van der Waals surface area contributed by atoms with Gasteiger partial charge in [0.15, 0.2) is 0 Å². The normalized spacial score (nSPS) is 11.5. The Morgan fingerprint density at radius 1 is 1.00 bits per heavy atom. The van der Waals surface area contributed by atoms with Crippen molar-refractivity contribution in [2.45, 2.75) is 19.0 Å². The number of nitrogens with one attached hydrogen (secondary N) is 1. The van der Waals surface area contributed by atoms with Gasteiger partial charge in [-0.1, -0.05) is 35.6 Å². The molecular formula is C19H16F3NO3S. The van der Waals surface area contributed by atoms with Gasteiger partial charge in [0.2, 0.25) is 5.88 Å². The zero-order chi connectivity index (χ0) is 19.4. The molecule has 0 bridgehead atoms. The van der Waals surface area contributed by atoms with Gasteiger partial charge in [-0.3, -0.25) is 9.78 Å². The molecule has 27 heavy (non-hydrogen) atoms. The lowest BCUT2D eigenvalue weighted by Gasteiger charge is -2.09. The van der Waals surface area contributed by atoms with E-state index in [1.54, 1.807) is 12.1 Å². The zero-order valence-corrected chi connectivity index (χ0v) is 14.9. The van der Waals surface area contributed by atoms with Crippen molar-refractivity contribution in [2.24, 2.45) is 0 Å². The summed E-state index contributed by atoms with van der Waals surface area (Å²) in [7, 11) is 0. The minimum Gasteiger partial charge on any atom is -0.494 e. The first-order valence-corrected chi connectivity index (χ1v) is 8.92. The van der Waals surface area contributed by atoms with Crippen molar-refractivity contribution in [1.82, 2.24) is 4.98 Å². The number of halogens is 3. The van der Waals surface area contributed by atoms with Crippen LogP contribution in [0, 0.1) is 0 Å². The molecule has 0 aliphatic rings. The van der Waals surface area contributed by atoms with Crippen LogP contribution in [0.3, 0.4) is 0 Å². The molecule has 1 heterocycles. The average Bonchev–Trinajstić information content (AvgIpc) is 2.93. The summed E-state index contributed by atoms with van der Waals surface area (Å²) < 4.78 is 43.2. The molecule has 3 aromatic rings. The van der Waals surface area contributed by atoms with Crippen LogP contribution in [-0.2, 0) is 19.0 Å². The Labute approximate surface area is 156 Å². The SMILES string of the molecule is O=c1[nH]c(O)c(Cc2ccc(OCCc3ccc(C(F)(F)F)cc3)cc2)s1. The molecule has 0 saturated carbocycles. The van der Waals surface area contributed by atoms with Crippen molar-refractivity contribution in [3.63, 3.8) is 0 Å². The second-order valence-corrected chi connectivity index (χ2v) is 6.97. The van der Waals surface area contributed by atoms with Crippen molar-refractivity contribution in [2.75, 3.05) is 6.61 Å². The number of benzene rings is 2. The molecule has 0 radical (unpaired) electrons. The summed E-state index contributed by atoms with van der Waals surface area (Å²) in [6.07, 6.45) is -3.41. The summed E-state index contributed by atoms with van der Waals surface area (Å²) in [6.45, 7) is 0.338. The fourth-order valence-corrected chi connectivity index (χ4v) is 3.27. The molecule has 142 valence electrons. The van der Waals surface area contributed by atoms with Gasteiger partial charge < -0.3 is 9.84 Å². The van der Waals surface area contributed by atoms with Gasteiger partial charge in [-0.25, -0.2) is 0 Å². The third kappa shape index (κ3) is 5.13. The van der Waals surface area contributed by atoms with Crippen molar-refractivity contribution in [3.8, 4) is 11.6 Å². The van der Waals surface area contributed by atoms with E-state index in [1.807, 2.05) is 12.1 Å². The minimum atomic E-state index is -4.33. The number of alkyl halides is 3. The number of rotatable bonds is 6. The number of H-pyrrole nitrogens is 1. The van der Waals surface area contributed by atoms with E-state index in [0.29, 0.717) is 30.1 Å². The maximum Gasteiger partial charge on any atom is 0.416 e. The number of ether oxygens (including phenoxy) is 1. The average molecular weight is 395 g/mol. The molecule has 2 N–H and O–H groups in total. The molecule has 0 saturated heterocycles. The Morgan fingerprint density at radius 3 is 2.19 bits per heavy atom. The first-order chi connectivity index (χ1) is 12.8. The van der Waals surface area contributed by atoms with Gasteiger partial charge in [0.25, 0.3) is 0 Å². The first-order valence-electron chi connectivity index (χ1n) is 8.10. The van der Waals surface area contributed by atoms with E-state index in [9.17, 15) is 23.1 Å². The molecule has 0 atom stereocenters. The third-order valence-electron chi connectivity index (χ3n) is 3.93. The predicted octanol–water partition coefficient (Wildman–Crippen LogP) is 4.37. The molecule has 0 unspecified atom stereocenters. The zero-order valence-electron chi connectivity index (χ0n) is 14.0. The van der Waals surface area contributed by atoms with Crippen molar-refractivity contribution >= 4 is 11.3 Å². The summed E-state index contributed by atoms with van der Waals surface area (Å²) in [6, 6.07) is 12.2. The van der Waals surface area contributed by atoms with Crippen LogP contribution < -0.4 is 9.61 Å². The number of aromatic amines is 1. The maximum absolute atomic E-state index is 12.5. The van der Waals surface area contributed by atoms with Gasteiger partial charge in [0.05, 0.1) is 17.0 Å². The van der Waals surface area contributed by atoms with Gasteiger partial charge in [0.1, 0.15) is 5.75 Å². The number of thiazole rings is 1. The van der Waals surface area contributed by atoms with E-state index in [-0.39, 0.29) is 10.8 Å². The highest BCUT2D eigenvalue weighted by Crippen LogP contribution is 2.29. The van der Waals surface area contributed by atoms with Gasteiger partial charge in [-0.2, -0.15) is 13.2 Å². The first kappa shape index (κ1) is 19.0. The smallest absolute Gasteiger partial charge is 0.416 e. The molecule has 0 fully saturated rings. The summed E-state index contributed by atoms with van der Waals surface area (Å²) >= 11 is 0.965. The Hall–Kier alpha value is -2.74. The molecule has 2 aromatic carbocycles. The van der Waals surface area contributed by atoms with Crippen LogP contribution in [0.4, 0.5) is 13.2 Å². The quantitative estimate of drug-likeness (QED) is 0.651. The van der Waals surface area contributed by atoms with E-state index in [4.69, 9.17) is 4.74 Å². The fraction of sp³-hybridized carbons (Fsp3) is 0.211. The molecule has 3 rings (SSSR count). The van der Waals surface area contributed by atoms with Crippen LogP contribution in [0.1, 0.15) is 21.6 Å². The van der Waals surface area contributed by atoms with Crippen molar-refractivity contribution in [1.29, 1.82) is 0 Å². The van der Waals surface area contributed by atoms with E-state index >= 15 is 0 Å². The summed E-state index contributed by atoms with van der Waals surface area (Å²) in [5, 5.41) is 9.60. The lowest BCUT2D eigenvalue weighted by Crippen LogP contribution is -2.05. The molecule has 0 aliphatic carbocycles. The molecule has 0 amide bonds. The number of hydrogen-bond donors (Lipinski definition) is 2. The lowest BCUT2D eigenvalue weighted by atomic mass is 10.1. The number of aromatic nitrogens is 1. The second-order valence-electron chi connectivity index (χ2n) is 5.90. The van der Waals surface area contributed by atoms with Crippen LogP contribution in [0.2, 0.25) is 0 Å². The highest BCUT2D eigenvalue weighted by Gasteiger charge is 2.29. The van der Waals surface area contributed by atoms with E-state index < -0.39 is 11.7 Å². The molecule has 4 nitrogen and oxygen atoms in total. The highest BCUT2D eigenvalue weighted by molar-refractivity contribution is 7.09.